The average molecular weight is 245 g/mol. The molecule has 4 N–H and O–H groups in total. The lowest BCUT2D eigenvalue weighted by molar-refractivity contribution is 0.0381. The van der Waals surface area contributed by atoms with Crippen molar-refractivity contribution in [2.24, 2.45) is 0 Å². The second-order valence-corrected chi connectivity index (χ2v) is 4.18. The zero-order chi connectivity index (χ0) is 11.6. The van der Waals surface area contributed by atoms with Crippen LogP contribution in [0.15, 0.2) is 6.33 Å². The lowest BCUT2D eigenvalue weighted by atomic mass is 10.0. The summed E-state index contributed by atoms with van der Waals surface area (Å²) in [5, 5.41) is 13.2. The van der Waals surface area contributed by atoms with E-state index in [1.807, 2.05) is 0 Å². The first-order valence-corrected chi connectivity index (χ1v) is 5.28. The minimum Gasteiger partial charge on any atom is -0.386 e. The van der Waals surface area contributed by atoms with Crippen LogP contribution in [0.5, 0.6) is 0 Å². The Kier molecular flexibility index (Phi) is 3.13. The van der Waals surface area contributed by atoms with Gasteiger partial charge in [-0.25, -0.2) is 9.97 Å². The first kappa shape index (κ1) is 11.4. The van der Waals surface area contributed by atoms with Crippen LogP contribution in [0.1, 0.15) is 6.42 Å². The summed E-state index contributed by atoms with van der Waals surface area (Å²) < 4.78 is 5.12. The van der Waals surface area contributed by atoms with Crippen LogP contribution in [0.2, 0.25) is 5.02 Å². The lowest BCUT2D eigenvalue weighted by Crippen LogP contribution is -2.37. The minimum absolute atomic E-state index is 0.217. The molecule has 0 aliphatic carbocycles. The largest absolute Gasteiger partial charge is 0.386 e. The SMILES string of the molecule is Nc1ncnc(NCC2(O)CCOC2)c1Cl. The molecule has 0 spiro atoms. The van der Waals surface area contributed by atoms with Gasteiger partial charge in [-0.2, -0.15) is 0 Å². The predicted octanol–water partition coefficient (Wildman–Crippen LogP) is 0.275. The summed E-state index contributed by atoms with van der Waals surface area (Å²) in [6.45, 7) is 1.21. The van der Waals surface area contributed by atoms with Crippen molar-refractivity contribution >= 4 is 23.2 Å². The molecule has 6 nitrogen and oxygen atoms in total. The summed E-state index contributed by atoms with van der Waals surface area (Å²) in [7, 11) is 0. The smallest absolute Gasteiger partial charge is 0.150 e. The van der Waals surface area contributed by atoms with Crippen LogP contribution >= 0.6 is 11.6 Å². The Hall–Kier alpha value is -1.11. The van der Waals surface area contributed by atoms with Crippen LogP contribution in [-0.4, -0.2) is 40.4 Å². The number of nitrogen functional groups attached to an aromatic ring is 1. The van der Waals surface area contributed by atoms with Crippen molar-refractivity contribution < 1.29 is 9.84 Å². The Morgan fingerprint density at radius 2 is 2.44 bits per heavy atom. The van der Waals surface area contributed by atoms with Gasteiger partial charge in [0, 0.05) is 19.6 Å². The van der Waals surface area contributed by atoms with Crippen molar-refractivity contribution in [1.29, 1.82) is 0 Å². The zero-order valence-electron chi connectivity index (χ0n) is 8.61. The normalized spacial score (nSPS) is 24.6. The fraction of sp³-hybridized carbons (Fsp3) is 0.556. The molecule has 1 fully saturated rings. The summed E-state index contributed by atoms with van der Waals surface area (Å²) in [5.74, 6) is 0.642. The number of nitrogens with zero attached hydrogens (tertiary/aromatic N) is 2. The zero-order valence-corrected chi connectivity index (χ0v) is 9.37. The summed E-state index contributed by atoms with van der Waals surface area (Å²) in [4.78, 5) is 7.69. The van der Waals surface area contributed by atoms with Gasteiger partial charge in [0.05, 0.1) is 6.61 Å². The summed E-state index contributed by atoms with van der Waals surface area (Å²) in [5.41, 5.74) is 4.67. The van der Waals surface area contributed by atoms with E-state index in [1.165, 1.54) is 6.33 Å². The number of rotatable bonds is 3. The summed E-state index contributed by atoms with van der Waals surface area (Å²) >= 11 is 5.90. The van der Waals surface area contributed by atoms with E-state index in [-0.39, 0.29) is 10.8 Å². The van der Waals surface area contributed by atoms with Gasteiger partial charge >= 0.3 is 0 Å². The van der Waals surface area contributed by atoms with Gasteiger partial charge in [0.1, 0.15) is 22.8 Å². The maximum absolute atomic E-state index is 10.0. The Morgan fingerprint density at radius 1 is 1.62 bits per heavy atom. The number of ether oxygens (including phenoxy) is 1. The van der Waals surface area contributed by atoms with E-state index >= 15 is 0 Å². The monoisotopic (exact) mass is 244 g/mol. The number of hydrogen-bond acceptors (Lipinski definition) is 6. The maximum atomic E-state index is 10.0. The minimum atomic E-state index is -0.858. The Balaban J connectivity index is 2.02. The van der Waals surface area contributed by atoms with Crippen molar-refractivity contribution in [3.63, 3.8) is 0 Å². The number of anilines is 2. The highest BCUT2D eigenvalue weighted by atomic mass is 35.5. The van der Waals surface area contributed by atoms with Crippen LogP contribution in [-0.2, 0) is 4.74 Å². The Labute approximate surface area is 97.8 Å². The molecule has 2 heterocycles. The first-order chi connectivity index (χ1) is 7.61. The predicted molar refractivity (Wildman–Crippen MR) is 60.3 cm³/mol. The number of aliphatic hydroxyl groups is 1. The van der Waals surface area contributed by atoms with Gasteiger partial charge in [-0.05, 0) is 0 Å². The topological polar surface area (TPSA) is 93.3 Å². The molecule has 0 bridgehead atoms. The lowest BCUT2D eigenvalue weighted by Gasteiger charge is -2.21. The van der Waals surface area contributed by atoms with E-state index in [4.69, 9.17) is 22.1 Å². The highest BCUT2D eigenvalue weighted by Gasteiger charge is 2.32. The third-order valence-electron chi connectivity index (χ3n) is 2.48. The van der Waals surface area contributed by atoms with Crippen LogP contribution < -0.4 is 11.1 Å². The van der Waals surface area contributed by atoms with E-state index in [1.54, 1.807) is 0 Å². The Bertz CT molecular complexity index is 382. The van der Waals surface area contributed by atoms with Gasteiger partial charge in [0.25, 0.3) is 0 Å². The van der Waals surface area contributed by atoms with E-state index in [0.29, 0.717) is 32.0 Å². The van der Waals surface area contributed by atoms with Gasteiger partial charge in [0.2, 0.25) is 0 Å². The second kappa shape index (κ2) is 4.40. The molecule has 0 amide bonds. The number of hydrogen-bond donors (Lipinski definition) is 3. The molecule has 0 saturated carbocycles. The molecule has 2 rings (SSSR count). The first-order valence-electron chi connectivity index (χ1n) is 4.91. The van der Waals surface area contributed by atoms with Crippen molar-refractivity contribution in [3.8, 4) is 0 Å². The van der Waals surface area contributed by atoms with Crippen molar-refractivity contribution in [2.45, 2.75) is 12.0 Å². The third-order valence-corrected chi connectivity index (χ3v) is 2.86. The average Bonchev–Trinajstić information content (AvgIpc) is 2.68. The molecule has 7 heteroatoms. The summed E-state index contributed by atoms with van der Waals surface area (Å²) in [6, 6.07) is 0. The van der Waals surface area contributed by atoms with Crippen LogP contribution in [0, 0.1) is 0 Å². The molecule has 1 aromatic heterocycles. The second-order valence-electron chi connectivity index (χ2n) is 3.80. The fourth-order valence-electron chi connectivity index (χ4n) is 1.49. The van der Waals surface area contributed by atoms with Crippen LogP contribution in [0.25, 0.3) is 0 Å². The highest BCUT2D eigenvalue weighted by molar-refractivity contribution is 6.35. The van der Waals surface area contributed by atoms with Gasteiger partial charge in [-0.1, -0.05) is 11.6 Å². The molecule has 0 aromatic carbocycles. The van der Waals surface area contributed by atoms with E-state index in [0.717, 1.165) is 0 Å². The number of nitrogens with one attached hydrogen (secondary N) is 1. The third kappa shape index (κ3) is 2.34. The van der Waals surface area contributed by atoms with Gasteiger partial charge in [-0.15, -0.1) is 0 Å². The Morgan fingerprint density at radius 3 is 3.12 bits per heavy atom. The number of halogens is 1. The van der Waals surface area contributed by atoms with Crippen molar-refractivity contribution in [1.82, 2.24) is 9.97 Å². The molecule has 1 saturated heterocycles. The molecular weight excluding hydrogens is 232 g/mol. The molecule has 0 radical (unpaired) electrons. The highest BCUT2D eigenvalue weighted by Crippen LogP contribution is 2.25. The standard InChI is InChI=1S/C9H13ClN4O2/c10-6-7(11)13-5-14-8(6)12-3-9(15)1-2-16-4-9/h5,15H,1-4H2,(H3,11,12,13,14). The van der Waals surface area contributed by atoms with Crippen molar-refractivity contribution in [3.05, 3.63) is 11.3 Å². The molecule has 1 aliphatic rings. The number of aromatic nitrogens is 2. The molecule has 16 heavy (non-hydrogen) atoms. The van der Waals surface area contributed by atoms with Gasteiger partial charge in [0.15, 0.2) is 5.82 Å². The number of nitrogens with two attached hydrogens (primary N) is 1. The molecule has 1 aliphatic heterocycles. The van der Waals surface area contributed by atoms with Crippen molar-refractivity contribution in [2.75, 3.05) is 30.8 Å². The summed E-state index contributed by atoms with van der Waals surface area (Å²) in [6.07, 6.45) is 1.91. The van der Waals surface area contributed by atoms with Crippen LogP contribution in [0.4, 0.5) is 11.6 Å². The van der Waals surface area contributed by atoms with E-state index < -0.39 is 5.60 Å². The molecule has 1 unspecified atom stereocenters. The van der Waals surface area contributed by atoms with Gasteiger partial charge in [-0.3, -0.25) is 0 Å². The molecule has 88 valence electrons. The van der Waals surface area contributed by atoms with Crippen LogP contribution in [0.3, 0.4) is 0 Å². The van der Waals surface area contributed by atoms with E-state index in [2.05, 4.69) is 15.3 Å². The van der Waals surface area contributed by atoms with E-state index in [9.17, 15) is 5.11 Å². The molecule has 1 aromatic rings. The van der Waals surface area contributed by atoms with Gasteiger partial charge < -0.3 is 20.9 Å². The molecular formula is C9H13ClN4O2. The fourth-order valence-corrected chi connectivity index (χ4v) is 1.66. The maximum Gasteiger partial charge on any atom is 0.150 e. The molecule has 1 atom stereocenters. The quantitative estimate of drug-likeness (QED) is 0.707.